The molecule has 1 fully saturated rings. The quantitative estimate of drug-likeness (QED) is 0.370. The van der Waals surface area contributed by atoms with Crippen LogP contribution in [-0.4, -0.2) is 73.1 Å². The molecule has 8 heteroatoms. The van der Waals surface area contributed by atoms with Crippen LogP contribution in [0.25, 0.3) is 5.76 Å². The van der Waals surface area contributed by atoms with E-state index in [2.05, 4.69) is 0 Å². The molecule has 1 unspecified atom stereocenters. The van der Waals surface area contributed by atoms with E-state index >= 15 is 0 Å². The number of amides is 1. The number of rotatable bonds is 8. The molecule has 3 rings (SSSR count). The first-order valence-electron chi connectivity index (χ1n) is 10.2. The molecular formula is C24H28N2O6. The molecule has 0 radical (unpaired) electrons. The Morgan fingerprint density at radius 3 is 2.41 bits per heavy atom. The third kappa shape index (κ3) is 4.55. The number of nitrogens with zero attached hydrogens (tertiary/aromatic N) is 2. The molecule has 1 aliphatic rings. The topological polar surface area (TPSA) is 99.5 Å². The molecule has 170 valence electrons. The number of carbonyl (C=O) groups is 2. The van der Waals surface area contributed by atoms with Gasteiger partial charge in [-0.25, -0.2) is 0 Å². The zero-order valence-electron chi connectivity index (χ0n) is 18.7. The van der Waals surface area contributed by atoms with Crippen LogP contribution in [0.1, 0.15) is 23.6 Å². The highest BCUT2D eigenvalue weighted by atomic mass is 16.5. The van der Waals surface area contributed by atoms with Gasteiger partial charge in [0.25, 0.3) is 11.7 Å². The molecule has 0 saturated carbocycles. The SMILES string of the molecule is COc1ccc(/C(O)=C2/C(=O)C(=O)N(CCCN(C)C)C2c2cccc(O)c2)cc1OC. The van der Waals surface area contributed by atoms with Gasteiger partial charge in [-0.1, -0.05) is 12.1 Å². The van der Waals surface area contributed by atoms with Crippen molar-refractivity contribution in [2.75, 3.05) is 41.4 Å². The van der Waals surface area contributed by atoms with Gasteiger partial charge in [-0.05, 0) is 63.0 Å². The summed E-state index contributed by atoms with van der Waals surface area (Å²) in [5, 5.41) is 21.1. The average molecular weight is 440 g/mol. The lowest BCUT2D eigenvalue weighted by atomic mass is 9.95. The summed E-state index contributed by atoms with van der Waals surface area (Å²) in [5.74, 6) is -0.904. The van der Waals surface area contributed by atoms with Gasteiger partial charge in [0.2, 0.25) is 0 Å². The smallest absolute Gasteiger partial charge is 0.295 e. The fourth-order valence-corrected chi connectivity index (χ4v) is 3.85. The van der Waals surface area contributed by atoms with Gasteiger partial charge in [0.05, 0.1) is 25.8 Å². The standard InChI is InChI=1S/C24H28N2O6/c1-25(2)11-6-12-26-21(15-7-5-8-17(27)13-15)20(23(29)24(26)30)22(28)16-9-10-18(31-3)19(14-16)32-4/h5,7-10,13-14,21,27-28H,6,11-12H2,1-4H3/b22-20-. The van der Waals surface area contributed by atoms with Crippen molar-refractivity contribution in [3.05, 3.63) is 59.2 Å². The van der Waals surface area contributed by atoms with Crippen molar-refractivity contribution in [3.63, 3.8) is 0 Å². The third-order valence-corrected chi connectivity index (χ3v) is 5.39. The normalized spacial score (nSPS) is 17.8. The predicted octanol–water partition coefficient (Wildman–Crippen LogP) is 2.78. The number of methoxy groups -OCH3 is 2. The lowest BCUT2D eigenvalue weighted by Crippen LogP contribution is -2.32. The van der Waals surface area contributed by atoms with E-state index in [9.17, 15) is 19.8 Å². The highest BCUT2D eigenvalue weighted by molar-refractivity contribution is 6.46. The van der Waals surface area contributed by atoms with Crippen molar-refractivity contribution in [2.24, 2.45) is 0 Å². The molecule has 32 heavy (non-hydrogen) atoms. The molecule has 2 aromatic carbocycles. The van der Waals surface area contributed by atoms with E-state index in [0.717, 1.165) is 6.54 Å². The van der Waals surface area contributed by atoms with Crippen LogP contribution in [0.5, 0.6) is 17.2 Å². The van der Waals surface area contributed by atoms with Crippen molar-refractivity contribution in [1.29, 1.82) is 0 Å². The summed E-state index contributed by atoms with van der Waals surface area (Å²) in [6.45, 7) is 1.05. The Kier molecular flexibility index (Phi) is 7.05. The van der Waals surface area contributed by atoms with Gasteiger partial charge in [0.15, 0.2) is 11.5 Å². The predicted molar refractivity (Wildman–Crippen MR) is 120 cm³/mol. The molecule has 1 atom stereocenters. The molecule has 2 N–H and O–H groups in total. The fourth-order valence-electron chi connectivity index (χ4n) is 3.85. The first-order valence-corrected chi connectivity index (χ1v) is 10.2. The molecule has 1 amide bonds. The summed E-state index contributed by atoms with van der Waals surface area (Å²) in [5.41, 5.74) is 0.827. The first kappa shape index (κ1) is 23.1. The minimum Gasteiger partial charge on any atom is -0.508 e. The van der Waals surface area contributed by atoms with Crippen LogP contribution >= 0.6 is 0 Å². The number of likely N-dealkylation sites (tertiary alicyclic amines) is 1. The Hall–Kier alpha value is -3.52. The first-order chi connectivity index (χ1) is 15.3. The van der Waals surface area contributed by atoms with E-state index in [1.807, 2.05) is 19.0 Å². The minimum absolute atomic E-state index is 0.00694. The second kappa shape index (κ2) is 9.74. The maximum Gasteiger partial charge on any atom is 0.295 e. The van der Waals surface area contributed by atoms with E-state index in [-0.39, 0.29) is 17.1 Å². The number of hydrogen-bond acceptors (Lipinski definition) is 7. The summed E-state index contributed by atoms with van der Waals surface area (Å²) < 4.78 is 10.5. The number of benzene rings is 2. The second-order valence-corrected chi connectivity index (χ2v) is 7.81. The number of Topliss-reactive ketones (excluding diaryl/α,β-unsaturated/α-hetero) is 1. The molecule has 0 aliphatic carbocycles. The van der Waals surface area contributed by atoms with Crippen LogP contribution in [0.2, 0.25) is 0 Å². The number of carbonyl (C=O) groups excluding carboxylic acids is 2. The number of ketones is 1. The van der Waals surface area contributed by atoms with Crippen molar-refractivity contribution in [1.82, 2.24) is 9.80 Å². The van der Waals surface area contributed by atoms with Crippen molar-refractivity contribution in [2.45, 2.75) is 12.5 Å². The summed E-state index contributed by atoms with van der Waals surface area (Å²) in [7, 11) is 6.83. The van der Waals surface area contributed by atoms with Crippen LogP contribution in [0.3, 0.4) is 0 Å². The molecule has 0 bridgehead atoms. The zero-order valence-corrected chi connectivity index (χ0v) is 18.7. The van der Waals surface area contributed by atoms with Crippen LogP contribution in [0.4, 0.5) is 0 Å². The highest BCUT2D eigenvalue weighted by Crippen LogP contribution is 2.41. The van der Waals surface area contributed by atoms with E-state index in [1.165, 1.54) is 31.3 Å². The molecule has 1 aliphatic heterocycles. The average Bonchev–Trinajstić information content (AvgIpc) is 3.02. The number of phenols is 1. The number of aliphatic hydroxyl groups excluding tert-OH is 1. The Balaban J connectivity index is 2.12. The number of ether oxygens (including phenoxy) is 2. The van der Waals surface area contributed by atoms with Gasteiger partial charge in [-0.15, -0.1) is 0 Å². The van der Waals surface area contributed by atoms with Gasteiger partial charge in [0, 0.05) is 12.1 Å². The maximum absolute atomic E-state index is 13.0. The molecule has 2 aromatic rings. The summed E-state index contributed by atoms with van der Waals surface area (Å²) in [6, 6.07) is 10.3. The Morgan fingerprint density at radius 2 is 1.78 bits per heavy atom. The van der Waals surface area contributed by atoms with E-state index in [4.69, 9.17) is 9.47 Å². The van der Waals surface area contributed by atoms with Crippen molar-refractivity contribution < 1.29 is 29.3 Å². The minimum atomic E-state index is -0.822. The molecule has 8 nitrogen and oxygen atoms in total. The van der Waals surface area contributed by atoms with Crippen LogP contribution in [-0.2, 0) is 9.59 Å². The Labute approximate surface area is 187 Å². The zero-order chi connectivity index (χ0) is 23.4. The van der Waals surface area contributed by atoms with Crippen molar-refractivity contribution >= 4 is 17.4 Å². The molecule has 0 aromatic heterocycles. The van der Waals surface area contributed by atoms with E-state index in [1.54, 1.807) is 30.3 Å². The summed E-state index contributed by atoms with van der Waals surface area (Å²) >= 11 is 0. The Morgan fingerprint density at radius 1 is 1.06 bits per heavy atom. The largest absolute Gasteiger partial charge is 0.508 e. The third-order valence-electron chi connectivity index (χ3n) is 5.39. The van der Waals surface area contributed by atoms with Gasteiger partial charge in [-0.3, -0.25) is 9.59 Å². The molecular weight excluding hydrogens is 412 g/mol. The lowest BCUT2D eigenvalue weighted by molar-refractivity contribution is -0.139. The fraction of sp³-hybridized carbons (Fsp3) is 0.333. The summed E-state index contributed by atoms with van der Waals surface area (Å²) in [6.07, 6.45) is 0.645. The lowest BCUT2D eigenvalue weighted by Gasteiger charge is -2.26. The Bertz CT molecular complexity index is 1050. The van der Waals surface area contributed by atoms with Crippen LogP contribution in [0.15, 0.2) is 48.0 Å². The van der Waals surface area contributed by atoms with Gasteiger partial charge < -0.3 is 29.5 Å². The van der Waals surface area contributed by atoms with Gasteiger partial charge >= 0.3 is 0 Å². The molecule has 1 heterocycles. The van der Waals surface area contributed by atoms with E-state index < -0.39 is 17.7 Å². The second-order valence-electron chi connectivity index (χ2n) is 7.81. The van der Waals surface area contributed by atoms with Gasteiger partial charge in [-0.2, -0.15) is 0 Å². The summed E-state index contributed by atoms with van der Waals surface area (Å²) in [4.78, 5) is 29.4. The van der Waals surface area contributed by atoms with Crippen LogP contribution in [0, 0.1) is 0 Å². The van der Waals surface area contributed by atoms with Crippen LogP contribution < -0.4 is 9.47 Å². The number of phenolic OH excluding ortho intramolecular Hbond substituents is 1. The number of aliphatic hydroxyl groups is 1. The van der Waals surface area contributed by atoms with E-state index in [0.29, 0.717) is 35.6 Å². The highest BCUT2D eigenvalue weighted by Gasteiger charge is 2.45. The van der Waals surface area contributed by atoms with Gasteiger partial charge in [0.1, 0.15) is 11.5 Å². The monoisotopic (exact) mass is 440 g/mol. The van der Waals surface area contributed by atoms with Crippen molar-refractivity contribution in [3.8, 4) is 17.2 Å². The number of hydrogen-bond donors (Lipinski definition) is 2. The number of aromatic hydroxyl groups is 1. The maximum atomic E-state index is 13.0. The molecule has 0 spiro atoms. The molecule has 1 saturated heterocycles.